The highest BCUT2D eigenvalue weighted by Gasteiger charge is 2.35. The molecule has 1 heteroatoms. The molecular formula is C13H27B. The van der Waals surface area contributed by atoms with Gasteiger partial charge in [0.25, 0.3) is 0 Å². The summed E-state index contributed by atoms with van der Waals surface area (Å²) in [6.07, 6.45) is 8.64. The maximum Gasteiger partial charge on any atom is 0.101 e. The number of rotatable bonds is 6. The molecule has 0 spiro atoms. The first-order valence-corrected chi connectivity index (χ1v) is 6.74. The molecule has 1 aliphatic rings. The number of hydrogen-bond acceptors (Lipinski definition) is 0. The summed E-state index contributed by atoms with van der Waals surface area (Å²) in [5.41, 5.74) is 0. The third-order valence-corrected chi connectivity index (χ3v) is 4.60. The summed E-state index contributed by atoms with van der Waals surface area (Å²) in [6.45, 7) is 7.21. The largest absolute Gasteiger partial charge is 0.101 e. The van der Waals surface area contributed by atoms with Gasteiger partial charge in [0.15, 0.2) is 0 Å². The molecule has 0 heterocycles. The first-order valence-electron chi connectivity index (χ1n) is 6.74. The molecular weight excluding hydrogens is 167 g/mol. The minimum Gasteiger partial charge on any atom is -0.0780 e. The van der Waals surface area contributed by atoms with Gasteiger partial charge in [-0.3, -0.25) is 0 Å². The Kier molecular flexibility index (Phi) is 5.05. The topological polar surface area (TPSA) is 0 Å². The average Bonchev–Trinajstić information content (AvgIpc) is 2.13. The van der Waals surface area contributed by atoms with Crippen molar-refractivity contribution in [3.63, 3.8) is 0 Å². The normalized spacial score (nSPS) is 30.8. The molecule has 14 heavy (non-hydrogen) atoms. The lowest BCUT2D eigenvalue weighted by molar-refractivity contribution is 0.0841. The van der Waals surface area contributed by atoms with Crippen molar-refractivity contribution < 1.29 is 0 Å². The van der Waals surface area contributed by atoms with E-state index in [0.717, 1.165) is 23.7 Å². The zero-order valence-corrected chi connectivity index (χ0v) is 10.6. The fourth-order valence-corrected chi connectivity index (χ4v) is 3.35. The van der Waals surface area contributed by atoms with E-state index in [4.69, 9.17) is 0 Å². The second-order valence-electron chi connectivity index (χ2n) is 5.23. The Labute approximate surface area is 91.3 Å². The summed E-state index contributed by atoms with van der Waals surface area (Å²) in [4.78, 5) is 0. The van der Waals surface area contributed by atoms with Gasteiger partial charge in [0.1, 0.15) is 7.85 Å². The molecule has 1 fully saturated rings. The average molecular weight is 194 g/mol. The van der Waals surface area contributed by atoms with Gasteiger partial charge in [0.2, 0.25) is 0 Å². The molecule has 0 aromatic heterocycles. The van der Waals surface area contributed by atoms with Crippen LogP contribution in [0.25, 0.3) is 0 Å². The summed E-state index contributed by atoms with van der Waals surface area (Å²) in [5.74, 6) is 4.12. The van der Waals surface area contributed by atoms with Crippen LogP contribution < -0.4 is 0 Å². The molecule has 1 rings (SSSR count). The van der Waals surface area contributed by atoms with Gasteiger partial charge in [0, 0.05) is 0 Å². The van der Waals surface area contributed by atoms with E-state index in [-0.39, 0.29) is 0 Å². The van der Waals surface area contributed by atoms with Gasteiger partial charge in [-0.1, -0.05) is 52.8 Å². The van der Waals surface area contributed by atoms with Gasteiger partial charge in [-0.2, -0.15) is 0 Å². The highest BCUT2D eigenvalue weighted by atomic mass is 14.4. The van der Waals surface area contributed by atoms with Crippen LogP contribution in [0.2, 0.25) is 6.32 Å². The van der Waals surface area contributed by atoms with Gasteiger partial charge in [-0.05, 0) is 30.1 Å². The maximum atomic E-state index is 2.51. The molecule has 1 aliphatic carbocycles. The molecule has 1 saturated carbocycles. The van der Waals surface area contributed by atoms with Crippen LogP contribution in [0.4, 0.5) is 0 Å². The first kappa shape index (κ1) is 12.1. The smallest absolute Gasteiger partial charge is 0.0780 e. The van der Waals surface area contributed by atoms with Crippen LogP contribution in [0, 0.1) is 23.7 Å². The quantitative estimate of drug-likeness (QED) is 0.567. The summed E-state index contributed by atoms with van der Waals surface area (Å²) in [6, 6.07) is 0. The first-order chi connectivity index (χ1) is 6.74. The summed E-state index contributed by atoms with van der Waals surface area (Å²) in [7, 11) is 2.37. The van der Waals surface area contributed by atoms with E-state index >= 15 is 0 Å². The van der Waals surface area contributed by atoms with E-state index in [1.54, 1.807) is 0 Å². The molecule has 0 aromatic carbocycles. The third kappa shape index (κ3) is 2.55. The van der Waals surface area contributed by atoms with Crippen molar-refractivity contribution in [2.24, 2.45) is 23.7 Å². The van der Waals surface area contributed by atoms with E-state index in [9.17, 15) is 0 Å². The van der Waals surface area contributed by atoms with Crippen LogP contribution in [0.1, 0.15) is 52.9 Å². The molecule has 0 amide bonds. The SMILES string of the molecule is BCC1CCC1C(C)C(CC)CCC. The summed E-state index contributed by atoms with van der Waals surface area (Å²) in [5, 5.41) is 0. The van der Waals surface area contributed by atoms with Gasteiger partial charge < -0.3 is 0 Å². The molecule has 0 N–H and O–H groups in total. The van der Waals surface area contributed by atoms with Crippen LogP contribution in [0.3, 0.4) is 0 Å². The Hall–Kier alpha value is 0.0649. The van der Waals surface area contributed by atoms with Crippen molar-refractivity contribution in [3.8, 4) is 0 Å². The Morgan fingerprint density at radius 2 is 2.00 bits per heavy atom. The zero-order valence-electron chi connectivity index (χ0n) is 10.6. The van der Waals surface area contributed by atoms with Crippen molar-refractivity contribution in [1.29, 1.82) is 0 Å². The Bertz CT molecular complexity index is 149. The highest BCUT2D eigenvalue weighted by Crippen LogP contribution is 2.45. The fourth-order valence-electron chi connectivity index (χ4n) is 3.35. The van der Waals surface area contributed by atoms with Crippen LogP contribution in [0.5, 0.6) is 0 Å². The highest BCUT2D eigenvalue weighted by molar-refractivity contribution is 6.08. The Morgan fingerprint density at radius 1 is 1.29 bits per heavy atom. The van der Waals surface area contributed by atoms with Crippen molar-refractivity contribution in [1.82, 2.24) is 0 Å². The predicted octanol–water partition coefficient (Wildman–Crippen LogP) is 3.53. The van der Waals surface area contributed by atoms with Crippen LogP contribution in [0.15, 0.2) is 0 Å². The maximum absolute atomic E-state index is 2.51. The van der Waals surface area contributed by atoms with Gasteiger partial charge in [0.05, 0.1) is 0 Å². The van der Waals surface area contributed by atoms with Crippen LogP contribution in [-0.2, 0) is 0 Å². The second kappa shape index (κ2) is 5.83. The molecule has 0 aromatic rings. The van der Waals surface area contributed by atoms with E-state index in [2.05, 4.69) is 28.6 Å². The molecule has 82 valence electrons. The molecule has 0 bridgehead atoms. The lowest BCUT2D eigenvalue weighted by Crippen LogP contribution is -2.34. The van der Waals surface area contributed by atoms with Crippen molar-refractivity contribution in [2.45, 2.75) is 59.2 Å². The fraction of sp³-hybridized carbons (Fsp3) is 1.00. The minimum atomic E-state index is 0.985. The van der Waals surface area contributed by atoms with Gasteiger partial charge in [-0.25, -0.2) is 0 Å². The predicted molar refractivity (Wildman–Crippen MR) is 67.4 cm³/mol. The van der Waals surface area contributed by atoms with Crippen molar-refractivity contribution in [3.05, 3.63) is 0 Å². The van der Waals surface area contributed by atoms with E-state index < -0.39 is 0 Å². The Morgan fingerprint density at radius 3 is 2.36 bits per heavy atom. The molecule has 0 nitrogen and oxygen atoms in total. The van der Waals surface area contributed by atoms with Gasteiger partial charge in [-0.15, -0.1) is 0 Å². The second-order valence-corrected chi connectivity index (χ2v) is 5.23. The molecule has 0 radical (unpaired) electrons. The van der Waals surface area contributed by atoms with E-state index in [1.807, 2.05) is 0 Å². The van der Waals surface area contributed by atoms with E-state index in [1.165, 1.54) is 38.4 Å². The molecule has 0 aliphatic heterocycles. The summed E-state index contributed by atoms with van der Waals surface area (Å²) < 4.78 is 0. The van der Waals surface area contributed by atoms with Crippen LogP contribution in [-0.4, -0.2) is 7.85 Å². The third-order valence-electron chi connectivity index (χ3n) is 4.60. The number of hydrogen-bond donors (Lipinski definition) is 0. The monoisotopic (exact) mass is 194 g/mol. The lowest BCUT2D eigenvalue weighted by Gasteiger charge is -2.43. The summed E-state index contributed by atoms with van der Waals surface area (Å²) >= 11 is 0. The van der Waals surface area contributed by atoms with E-state index in [0.29, 0.717) is 0 Å². The Balaban J connectivity index is 2.41. The molecule has 4 atom stereocenters. The molecule has 0 saturated heterocycles. The molecule has 4 unspecified atom stereocenters. The van der Waals surface area contributed by atoms with Crippen LogP contribution >= 0.6 is 0 Å². The van der Waals surface area contributed by atoms with Gasteiger partial charge >= 0.3 is 0 Å². The van der Waals surface area contributed by atoms with Crippen molar-refractivity contribution >= 4 is 7.85 Å². The standard InChI is InChI=1S/C13H27B/c1-4-6-11(5-2)10(3)13-8-7-12(13)9-14/h10-13H,4-9,14H2,1-3H3. The minimum absolute atomic E-state index is 0.985. The zero-order chi connectivity index (χ0) is 10.6. The lowest BCUT2D eigenvalue weighted by atomic mass is 9.60. The van der Waals surface area contributed by atoms with Crippen molar-refractivity contribution in [2.75, 3.05) is 0 Å².